The van der Waals surface area contributed by atoms with Crippen molar-refractivity contribution in [3.63, 3.8) is 0 Å². The van der Waals surface area contributed by atoms with E-state index in [1.165, 1.54) is 24.5 Å². The molecule has 4 rings (SSSR count). The van der Waals surface area contributed by atoms with E-state index in [1.807, 2.05) is 13.1 Å². The summed E-state index contributed by atoms with van der Waals surface area (Å²) in [7, 11) is 1.94. The number of hydrogen-bond acceptors (Lipinski definition) is 4. The number of alkyl halides is 3. The first-order chi connectivity index (χ1) is 14.3. The van der Waals surface area contributed by atoms with E-state index in [4.69, 9.17) is 0 Å². The largest absolute Gasteiger partial charge is 0.416 e. The van der Waals surface area contributed by atoms with Crippen LogP contribution in [0.25, 0.3) is 10.9 Å². The average Bonchev–Trinajstić information content (AvgIpc) is 2.73. The van der Waals surface area contributed by atoms with Gasteiger partial charge in [-0.05, 0) is 43.7 Å². The van der Waals surface area contributed by atoms with Crippen LogP contribution < -0.4 is 4.90 Å². The van der Waals surface area contributed by atoms with Crippen molar-refractivity contribution in [2.45, 2.75) is 31.6 Å². The normalized spacial score (nSPS) is 15.9. The fourth-order valence-electron chi connectivity index (χ4n) is 4.07. The maximum Gasteiger partial charge on any atom is 0.416 e. The van der Waals surface area contributed by atoms with E-state index >= 15 is 0 Å². The zero-order chi connectivity index (χ0) is 21.3. The van der Waals surface area contributed by atoms with Crippen LogP contribution in [-0.4, -0.2) is 41.0 Å². The molecule has 0 radical (unpaired) electrons. The molecule has 0 saturated carbocycles. The van der Waals surface area contributed by atoms with Gasteiger partial charge in [-0.1, -0.05) is 24.3 Å². The summed E-state index contributed by atoms with van der Waals surface area (Å²) in [6.45, 7) is 1.93. The minimum absolute atomic E-state index is 0.251. The topological polar surface area (TPSA) is 32.3 Å². The number of rotatable bonds is 4. The van der Waals surface area contributed by atoms with Gasteiger partial charge in [-0.25, -0.2) is 14.4 Å². The molecule has 1 aliphatic rings. The average molecular weight is 418 g/mol. The van der Waals surface area contributed by atoms with Gasteiger partial charge in [0.1, 0.15) is 23.5 Å². The highest BCUT2D eigenvalue weighted by molar-refractivity contribution is 5.89. The van der Waals surface area contributed by atoms with Gasteiger partial charge < -0.3 is 4.90 Å². The summed E-state index contributed by atoms with van der Waals surface area (Å²) >= 11 is 0. The lowest BCUT2D eigenvalue weighted by Crippen LogP contribution is -2.43. The first-order valence-corrected chi connectivity index (χ1v) is 9.83. The Balaban J connectivity index is 1.42. The third-order valence-corrected chi connectivity index (χ3v) is 5.67. The molecule has 1 saturated heterocycles. The number of para-hydroxylation sites is 1. The number of anilines is 1. The molecule has 0 bridgehead atoms. The standard InChI is InChI=1S/C22H22F4N4/c1-29(13-15-4-2-5-16(12-15)22(24,25)26)17-8-10-30(11-9-17)21-18-6-3-7-19(23)20(18)27-14-28-21/h2-7,12,14,17H,8-11,13H2,1H3. The molecule has 0 atom stereocenters. The second-order valence-corrected chi connectivity index (χ2v) is 7.66. The first kappa shape index (κ1) is 20.5. The van der Waals surface area contributed by atoms with Crippen LogP contribution in [-0.2, 0) is 12.7 Å². The van der Waals surface area contributed by atoms with Gasteiger partial charge in [0.2, 0.25) is 0 Å². The molecule has 3 aromatic rings. The van der Waals surface area contributed by atoms with Gasteiger partial charge in [0.05, 0.1) is 5.56 Å². The summed E-state index contributed by atoms with van der Waals surface area (Å²) in [6, 6.07) is 10.6. The number of aromatic nitrogens is 2. The molecule has 0 N–H and O–H groups in total. The van der Waals surface area contributed by atoms with Gasteiger partial charge in [0.15, 0.2) is 0 Å². The lowest BCUT2D eigenvalue weighted by Gasteiger charge is -2.37. The number of hydrogen-bond donors (Lipinski definition) is 0. The number of halogens is 4. The molecule has 1 fully saturated rings. The predicted octanol–water partition coefficient (Wildman–Crippen LogP) is 4.89. The first-order valence-electron chi connectivity index (χ1n) is 9.83. The van der Waals surface area contributed by atoms with Crippen LogP contribution in [0.15, 0.2) is 48.8 Å². The van der Waals surface area contributed by atoms with Crippen molar-refractivity contribution in [2.75, 3.05) is 25.0 Å². The summed E-state index contributed by atoms with van der Waals surface area (Å²) < 4.78 is 52.9. The summed E-state index contributed by atoms with van der Waals surface area (Å²) in [6.07, 6.45) is -1.27. The van der Waals surface area contributed by atoms with Crippen LogP contribution >= 0.6 is 0 Å². The molecule has 2 aromatic carbocycles. The Hall–Kier alpha value is -2.74. The van der Waals surface area contributed by atoms with Crippen LogP contribution in [0.2, 0.25) is 0 Å². The van der Waals surface area contributed by atoms with Gasteiger partial charge >= 0.3 is 6.18 Å². The van der Waals surface area contributed by atoms with E-state index in [0.29, 0.717) is 23.0 Å². The highest BCUT2D eigenvalue weighted by Gasteiger charge is 2.31. The van der Waals surface area contributed by atoms with Gasteiger partial charge in [0, 0.05) is 31.1 Å². The van der Waals surface area contributed by atoms with E-state index in [0.717, 1.165) is 37.8 Å². The van der Waals surface area contributed by atoms with Crippen molar-refractivity contribution < 1.29 is 17.6 Å². The molecule has 1 aromatic heterocycles. The van der Waals surface area contributed by atoms with Crippen LogP contribution in [0.4, 0.5) is 23.4 Å². The van der Waals surface area contributed by atoms with Crippen molar-refractivity contribution in [3.05, 3.63) is 65.7 Å². The van der Waals surface area contributed by atoms with E-state index < -0.39 is 11.7 Å². The van der Waals surface area contributed by atoms with Crippen molar-refractivity contribution in [1.82, 2.24) is 14.9 Å². The van der Waals surface area contributed by atoms with E-state index in [1.54, 1.807) is 12.1 Å². The summed E-state index contributed by atoms with van der Waals surface area (Å²) in [5.74, 6) is 0.352. The van der Waals surface area contributed by atoms with Crippen LogP contribution in [0.1, 0.15) is 24.0 Å². The Morgan fingerprint density at radius 2 is 1.80 bits per heavy atom. The second-order valence-electron chi connectivity index (χ2n) is 7.66. The molecule has 158 valence electrons. The quantitative estimate of drug-likeness (QED) is 0.565. The fourth-order valence-corrected chi connectivity index (χ4v) is 4.07. The smallest absolute Gasteiger partial charge is 0.356 e. The van der Waals surface area contributed by atoms with Gasteiger partial charge in [-0.2, -0.15) is 13.2 Å². The molecule has 2 heterocycles. The molecule has 0 unspecified atom stereocenters. The second kappa shape index (κ2) is 8.18. The van der Waals surface area contributed by atoms with Gasteiger partial charge in [-0.15, -0.1) is 0 Å². The highest BCUT2D eigenvalue weighted by atomic mass is 19.4. The van der Waals surface area contributed by atoms with Crippen LogP contribution in [0.3, 0.4) is 0 Å². The predicted molar refractivity (Wildman–Crippen MR) is 108 cm³/mol. The summed E-state index contributed by atoms with van der Waals surface area (Å²) in [5, 5.41) is 0.688. The lowest BCUT2D eigenvalue weighted by molar-refractivity contribution is -0.137. The molecule has 4 nitrogen and oxygen atoms in total. The third kappa shape index (κ3) is 4.23. The molecular formula is C22H22F4N4. The van der Waals surface area contributed by atoms with Crippen LogP contribution in [0.5, 0.6) is 0 Å². The molecule has 30 heavy (non-hydrogen) atoms. The number of benzene rings is 2. The number of fused-ring (bicyclic) bond motifs is 1. The highest BCUT2D eigenvalue weighted by Crippen LogP contribution is 2.31. The summed E-state index contributed by atoms with van der Waals surface area (Å²) in [4.78, 5) is 12.6. The monoisotopic (exact) mass is 418 g/mol. The SMILES string of the molecule is CN(Cc1cccc(C(F)(F)F)c1)C1CCN(c2ncnc3c(F)cccc23)CC1. The van der Waals surface area contributed by atoms with E-state index in [9.17, 15) is 17.6 Å². The molecule has 0 aliphatic carbocycles. The van der Waals surface area contributed by atoms with E-state index in [-0.39, 0.29) is 11.9 Å². The Kier molecular flexibility index (Phi) is 5.60. The Labute approximate surface area is 172 Å². The third-order valence-electron chi connectivity index (χ3n) is 5.67. The van der Waals surface area contributed by atoms with Crippen molar-refractivity contribution in [3.8, 4) is 0 Å². The minimum Gasteiger partial charge on any atom is -0.356 e. The molecular weight excluding hydrogens is 396 g/mol. The lowest BCUT2D eigenvalue weighted by atomic mass is 10.0. The van der Waals surface area contributed by atoms with Crippen molar-refractivity contribution in [2.24, 2.45) is 0 Å². The zero-order valence-electron chi connectivity index (χ0n) is 16.5. The van der Waals surface area contributed by atoms with Crippen LogP contribution in [0, 0.1) is 5.82 Å². The molecule has 1 aliphatic heterocycles. The summed E-state index contributed by atoms with van der Waals surface area (Å²) in [5.41, 5.74) is 0.337. The molecule has 0 amide bonds. The Morgan fingerprint density at radius 3 is 2.53 bits per heavy atom. The van der Waals surface area contributed by atoms with E-state index in [2.05, 4.69) is 19.8 Å². The molecule has 0 spiro atoms. The Morgan fingerprint density at radius 1 is 1.07 bits per heavy atom. The van der Waals surface area contributed by atoms with Gasteiger partial charge in [-0.3, -0.25) is 4.90 Å². The number of piperidine rings is 1. The maximum atomic E-state index is 14.0. The van der Waals surface area contributed by atoms with Crippen molar-refractivity contribution >= 4 is 16.7 Å². The van der Waals surface area contributed by atoms with Crippen molar-refractivity contribution in [1.29, 1.82) is 0 Å². The number of nitrogens with zero attached hydrogens (tertiary/aromatic N) is 4. The fraction of sp³-hybridized carbons (Fsp3) is 0.364. The maximum absolute atomic E-state index is 14.0. The van der Waals surface area contributed by atoms with Gasteiger partial charge in [0.25, 0.3) is 0 Å². The zero-order valence-corrected chi connectivity index (χ0v) is 16.5. The Bertz CT molecular complexity index is 1030. The molecule has 8 heteroatoms. The minimum atomic E-state index is -4.33.